The lowest BCUT2D eigenvalue weighted by molar-refractivity contribution is 0.0734. The monoisotopic (exact) mass is 255 g/mol. The van der Waals surface area contributed by atoms with E-state index in [4.69, 9.17) is 9.94 Å². The first-order valence-electron chi connectivity index (χ1n) is 5.75. The second-order valence-electron chi connectivity index (χ2n) is 4.07. The van der Waals surface area contributed by atoms with Gasteiger partial charge in [-0.1, -0.05) is 22.9 Å². The first kappa shape index (κ1) is 12.8. The number of oxime groups is 1. The van der Waals surface area contributed by atoms with Crippen LogP contribution in [0.2, 0.25) is 0 Å². The molecule has 0 bridgehead atoms. The quantitative estimate of drug-likeness (QED) is 0.301. The molecule has 0 spiro atoms. The van der Waals surface area contributed by atoms with Crippen LogP contribution in [0.3, 0.4) is 0 Å². The number of hydrogen-bond donors (Lipinski definition) is 1. The largest absolute Gasteiger partial charge is 0.423 e. The fourth-order valence-electron chi connectivity index (χ4n) is 1.63. The molecule has 0 unspecified atom stereocenters. The average Bonchev–Trinajstić information content (AvgIpc) is 2.41. The zero-order valence-electron chi connectivity index (χ0n) is 10.4. The van der Waals surface area contributed by atoms with Gasteiger partial charge in [-0.2, -0.15) is 0 Å². The number of ether oxygens (including phenoxy) is 1. The Morgan fingerprint density at radius 2 is 1.95 bits per heavy atom. The fraction of sp³-hybridized carbons (Fsp3) is 0.0667. The smallest absolute Gasteiger partial charge is 0.343 e. The summed E-state index contributed by atoms with van der Waals surface area (Å²) in [5.41, 5.74) is 2.24. The lowest BCUT2D eigenvalue weighted by Gasteiger charge is -2.05. The molecule has 0 aliphatic carbocycles. The van der Waals surface area contributed by atoms with E-state index in [9.17, 15) is 4.79 Å². The van der Waals surface area contributed by atoms with Gasteiger partial charge in [-0.3, -0.25) is 0 Å². The van der Waals surface area contributed by atoms with E-state index in [0.29, 0.717) is 11.3 Å². The molecule has 0 saturated carbocycles. The van der Waals surface area contributed by atoms with Crippen LogP contribution >= 0.6 is 0 Å². The van der Waals surface area contributed by atoms with Gasteiger partial charge in [0.25, 0.3) is 0 Å². The van der Waals surface area contributed by atoms with Crippen molar-refractivity contribution in [3.05, 3.63) is 65.2 Å². The Labute approximate surface area is 111 Å². The SMILES string of the molecule is Cc1cccc(C(=O)Oc2ccc(/C=N/O)cc2)c1. The molecule has 4 heteroatoms. The summed E-state index contributed by atoms with van der Waals surface area (Å²) in [7, 11) is 0. The maximum absolute atomic E-state index is 11.9. The van der Waals surface area contributed by atoms with Gasteiger partial charge in [-0.25, -0.2) is 4.79 Å². The van der Waals surface area contributed by atoms with Gasteiger partial charge in [0, 0.05) is 0 Å². The molecule has 0 aliphatic rings. The normalized spacial score (nSPS) is 10.6. The van der Waals surface area contributed by atoms with Crippen molar-refractivity contribution < 1.29 is 14.7 Å². The van der Waals surface area contributed by atoms with Gasteiger partial charge in [0.05, 0.1) is 11.8 Å². The average molecular weight is 255 g/mol. The van der Waals surface area contributed by atoms with Gasteiger partial charge in [0.2, 0.25) is 0 Å². The van der Waals surface area contributed by atoms with Crippen molar-refractivity contribution in [1.29, 1.82) is 0 Å². The van der Waals surface area contributed by atoms with E-state index in [2.05, 4.69) is 5.16 Å². The highest BCUT2D eigenvalue weighted by atomic mass is 16.5. The summed E-state index contributed by atoms with van der Waals surface area (Å²) in [6.45, 7) is 1.92. The molecule has 0 aromatic heterocycles. The number of nitrogens with zero attached hydrogens (tertiary/aromatic N) is 1. The van der Waals surface area contributed by atoms with Gasteiger partial charge in [0.1, 0.15) is 5.75 Å². The molecule has 0 amide bonds. The van der Waals surface area contributed by atoms with Gasteiger partial charge < -0.3 is 9.94 Å². The molecule has 0 radical (unpaired) electrons. The molecule has 0 aliphatic heterocycles. The van der Waals surface area contributed by atoms with E-state index in [-0.39, 0.29) is 0 Å². The van der Waals surface area contributed by atoms with Crippen LogP contribution in [0.5, 0.6) is 5.75 Å². The Morgan fingerprint density at radius 3 is 2.58 bits per heavy atom. The molecule has 19 heavy (non-hydrogen) atoms. The van der Waals surface area contributed by atoms with Gasteiger partial charge in [-0.05, 0) is 48.9 Å². The zero-order chi connectivity index (χ0) is 13.7. The van der Waals surface area contributed by atoms with Crippen molar-refractivity contribution >= 4 is 12.2 Å². The topological polar surface area (TPSA) is 58.9 Å². The van der Waals surface area contributed by atoms with Crippen molar-refractivity contribution in [2.24, 2.45) is 5.16 Å². The van der Waals surface area contributed by atoms with Crippen LogP contribution in [0.4, 0.5) is 0 Å². The Bertz CT molecular complexity index is 603. The van der Waals surface area contributed by atoms with Crippen molar-refractivity contribution in [2.75, 3.05) is 0 Å². The number of hydrogen-bond acceptors (Lipinski definition) is 4. The van der Waals surface area contributed by atoms with Crippen molar-refractivity contribution in [3.8, 4) is 5.75 Å². The molecule has 0 saturated heterocycles. The summed E-state index contributed by atoms with van der Waals surface area (Å²) >= 11 is 0. The Morgan fingerprint density at radius 1 is 1.21 bits per heavy atom. The van der Waals surface area contributed by atoms with Crippen LogP contribution in [0.1, 0.15) is 21.5 Å². The van der Waals surface area contributed by atoms with E-state index < -0.39 is 5.97 Å². The number of benzene rings is 2. The maximum Gasteiger partial charge on any atom is 0.343 e. The summed E-state index contributed by atoms with van der Waals surface area (Å²) in [6, 6.07) is 13.9. The maximum atomic E-state index is 11.9. The number of carbonyl (C=O) groups excluding carboxylic acids is 1. The predicted octanol–water partition coefficient (Wildman–Crippen LogP) is 3.02. The molecular formula is C15H13NO3. The van der Waals surface area contributed by atoms with Crippen molar-refractivity contribution in [1.82, 2.24) is 0 Å². The number of carbonyl (C=O) groups is 1. The van der Waals surface area contributed by atoms with Crippen LogP contribution in [-0.2, 0) is 0 Å². The van der Waals surface area contributed by atoms with E-state index >= 15 is 0 Å². The number of aryl methyl sites for hydroxylation is 1. The summed E-state index contributed by atoms with van der Waals surface area (Å²) in [5.74, 6) is 0.0499. The minimum absolute atomic E-state index is 0.396. The molecular weight excluding hydrogens is 242 g/mol. The third kappa shape index (κ3) is 3.42. The van der Waals surface area contributed by atoms with Crippen molar-refractivity contribution in [3.63, 3.8) is 0 Å². The van der Waals surface area contributed by atoms with Crippen LogP contribution in [0.15, 0.2) is 53.7 Å². The summed E-state index contributed by atoms with van der Waals surface area (Å²) in [5, 5.41) is 11.3. The molecule has 0 heterocycles. The van der Waals surface area contributed by atoms with E-state index in [1.165, 1.54) is 6.21 Å². The van der Waals surface area contributed by atoms with Crippen LogP contribution < -0.4 is 4.74 Å². The molecule has 4 nitrogen and oxygen atoms in total. The van der Waals surface area contributed by atoms with Crippen molar-refractivity contribution in [2.45, 2.75) is 6.92 Å². The van der Waals surface area contributed by atoms with Crippen LogP contribution in [0, 0.1) is 6.92 Å². The zero-order valence-corrected chi connectivity index (χ0v) is 10.4. The fourth-order valence-corrected chi connectivity index (χ4v) is 1.63. The van der Waals surface area contributed by atoms with E-state index in [0.717, 1.165) is 11.1 Å². The van der Waals surface area contributed by atoms with E-state index in [1.54, 1.807) is 36.4 Å². The van der Waals surface area contributed by atoms with E-state index in [1.807, 2.05) is 19.1 Å². The first-order valence-corrected chi connectivity index (χ1v) is 5.75. The van der Waals surface area contributed by atoms with Gasteiger partial charge in [-0.15, -0.1) is 0 Å². The third-order valence-corrected chi connectivity index (χ3v) is 2.55. The first-order chi connectivity index (χ1) is 9.19. The highest BCUT2D eigenvalue weighted by molar-refractivity contribution is 5.91. The molecule has 96 valence electrons. The standard InChI is InChI=1S/C15H13NO3/c1-11-3-2-4-13(9-11)15(17)19-14-7-5-12(6-8-14)10-16-18/h2-10,18H,1H3/b16-10+. The molecule has 2 rings (SSSR count). The second kappa shape index (κ2) is 5.82. The summed E-state index contributed by atoms with van der Waals surface area (Å²) in [6.07, 6.45) is 1.30. The van der Waals surface area contributed by atoms with Gasteiger partial charge >= 0.3 is 5.97 Å². The Balaban J connectivity index is 2.10. The molecule has 0 atom stereocenters. The minimum atomic E-state index is -0.396. The molecule has 2 aromatic carbocycles. The van der Waals surface area contributed by atoms with Crippen LogP contribution in [-0.4, -0.2) is 17.4 Å². The van der Waals surface area contributed by atoms with Crippen LogP contribution in [0.25, 0.3) is 0 Å². The highest BCUT2D eigenvalue weighted by Crippen LogP contribution is 2.14. The minimum Gasteiger partial charge on any atom is -0.423 e. The summed E-state index contributed by atoms with van der Waals surface area (Å²) in [4.78, 5) is 11.9. The Hall–Kier alpha value is -2.62. The molecule has 0 fully saturated rings. The number of esters is 1. The molecule has 2 aromatic rings. The number of rotatable bonds is 3. The highest BCUT2D eigenvalue weighted by Gasteiger charge is 2.08. The lowest BCUT2D eigenvalue weighted by Crippen LogP contribution is -2.08. The molecule has 1 N–H and O–H groups in total. The second-order valence-corrected chi connectivity index (χ2v) is 4.07. The van der Waals surface area contributed by atoms with Gasteiger partial charge in [0.15, 0.2) is 0 Å². The third-order valence-electron chi connectivity index (χ3n) is 2.55. The lowest BCUT2D eigenvalue weighted by atomic mass is 10.1. The summed E-state index contributed by atoms with van der Waals surface area (Å²) < 4.78 is 5.24. The Kier molecular flexibility index (Phi) is 3.93. The predicted molar refractivity (Wildman–Crippen MR) is 72.0 cm³/mol.